The van der Waals surface area contributed by atoms with Gasteiger partial charge in [0.05, 0.1) is 0 Å². The lowest BCUT2D eigenvalue weighted by atomic mass is 10.1. The molecule has 3 heteroatoms. The third kappa shape index (κ3) is 1.13. The molecule has 0 bridgehead atoms. The van der Waals surface area contributed by atoms with Gasteiger partial charge in [0, 0.05) is 12.0 Å². The molecule has 1 aliphatic rings. The highest BCUT2D eigenvalue weighted by Gasteiger charge is 2.26. The Morgan fingerprint density at radius 3 is 2.92 bits per heavy atom. The van der Waals surface area contributed by atoms with Crippen molar-refractivity contribution in [1.82, 2.24) is 0 Å². The second-order valence-corrected chi connectivity index (χ2v) is 3.21. The molecule has 66 valence electrons. The van der Waals surface area contributed by atoms with E-state index in [1.54, 1.807) is 0 Å². The number of carbonyl (C=O) groups excluding carboxylic acids is 1. The topological polar surface area (TPSA) is 49.7 Å². The van der Waals surface area contributed by atoms with Gasteiger partial charge in [0.15, 0.2) is 0 Å². The summed E-state index contributed by atoms with van der Waals surface area (Å²) in [6.07, 6.45) is 0.449. The summed E-state index contributed by atoms with van der Waals surface area (Å²) in [5.41, 5.74) is 2.91. The average molecular weight is 175 g/mol. The molecule has 2 rings (SSSR count). The average Bonchev–Trinajstić information content (AvgIpc) is 2.44. The molecule has 0 saturated carbocycles. The highest BCUT2D eigenvalue weighted by atomic mass is 16.4. The van der Waals surface area contributed by atoms with Crippen LogP contribution in [0, 0.1) is 6.92 Å². The number of Topliss-reactive ketones (excluding diaryl/α,β-unsaturated/α-hetero) is 1. The Kier molecular flexibility index (Phi) is 1.65. The van der Waals surface area contributed by atoms with Gasteiger partial charge in [0.1, 0.15) is 5.71 Å². The molecule has 0 saturated heterocycles. The highest BCUT2D eigenvalue weighted by molar-refractivity contribution is 6.49. The van der Waals surface area contributed by atoms with E-state index >= 15 is 0 Å². The zero-order valence-corrected chi connectivity index (χ0v) is 7.24. The van der Waals surface area contributed by atoms with Crippen LogP contribution in [0.25, 0.3) is 0 Å². The molecule has 0 heterocycles. The van der Waals surface area contributed by atoms with Gasteiger partial charge in [-0.3, -0.25) is 4.79 Å². The van der Waals surface area contributed by atoms with E-state index in [4.69, 9.17) is 5.21 Å². The van der Waals surface area contributed by atoms with Crippen LogP contribution in [0.5, 0.6) is 0 Å². The van der Waals surface area contributed by atoms with Crippen molar-refractivity contribution >= 4 is 11.5 Å². The molecule has 3 nitrogen and oxygen atoms in total. The van der Waals surface area contributed by atoms with E-state index in [0.717, 1.165) is 11.1 Å². The first-order chi connectivity index (χ1) is 6.22. The zero-order valence-electron chi connectivity index (χ0n) is 7.24. The summed E-state index contributed by atoms with van der Waals surface area (Å²) in [5, 5.41) is 11.5. The van der Waals surface area contributed by atoms with Gasteiger partial charge in [-0.15, -0.1) is 0 Å². The Labute approximate surface area is 75.7 Å². The molecule has 0 aromatic heterocycles. The number of carbonyl (C=O) groups is 1. The van der Waals surface area contributed by atoms with E-state index in [1.165, 1.54) is 0 Å². The van der Waals surface area contributed by atoms with Crippen molar-refractivity contribution in [2.75, 3.05) is 0 Å². The Bertz CT molecular complexity index is 407. The van der Waals surface area contributed by atoms with Crippen molar-refractivity contribution in [1.29, 1.82) is 0 Å². The van der Waals surface area contributed by atoms with E-state index in [-0.39, 0.29) is 11.5 Å². The molecule has 0 spiro atoms. The third-order valence-corrected chi connectivity index (χ3v) is 2.25. The Balaban J connectivity index is 2.57. The maximum absolute atomic E-state index is 11.5. The maximum Gasteiger partial charge on any atom is 0.211 e. The summed E-state index contributed by atoms with van der Waals surface area (Å²) in [6, 6.07) is 5.68. The Morgan fingerprint density at radius 1 is 1.46 bits per heavy atom. The van der Waals surface area contributed by atoms with Crippen LogP contribution in [-0.2, 0) is 6.42 Å². The number of aryl methyl sites for hydroxylation is 1. The van der Waals surface area contributed by atoms with Crippen LogP contribution in [0.1, 0.15) is 21.5 Å². The summed E-state index contributed by atoms with van der Waals surface area (Å²) in [5.74, 6) is -0.152. The number of ketones is 1. The van der Waals surface area contributed by atoms with Gasteiger partial charge >= 0.3 is 0 Å². The van der Waals surface area contributed by atoms with Gasteiger partial charge in [-0.25, -0.2) is 0 Å². The van der Waals surface area contributed by atoms with Crippen molar-refractivity contribution in [2.45, 2.75) is 13.3 Å². The SMILES string of the molecule is Cc1ccc2c(c1)C(=O)/C(=N/O)C2. The van der Waals surface area contributed by atoms with Crippen molar-refractivity contribution in [3.63, 3.8) is 0 Å². The van der Waals surface area contributed by atoms with Gasteiger partial charge in [-0.1, -0.05) is 22.9 Å². The van der Waals surface area contributed by atoms with Crippen molar-refractivity contribution < 1.29 is 10.0 Å². The van der Waals surface area contributed by atoms with Gasteiger partial charge in [-0.05, 0) is 18.6 Å². The fourth-order valence-electron chi connectivity index (χ4n) is 1.55. The number of rotatable bonds is 0. The van der Waals surface area contributed by atoms with Crippen LogP contribution in [-0.4, -0.2) is 16.7 Å². The lowest BCUT2D eigenvalue weighted by molar-refractivity contribution is 0.106. The van der Waals surface area contributed by atoms with Crippen molar-refractivity contribution in [2.24, 2.45) is 5.16 Å². The first-order valence-electron chi connectivity index (χ1n) is 4.07. The Hall–Kier alpha value is -1.64. The molecular formula is C10H9NO2. The molecule has 0 fully saturated rings. The number of benzene rings is 1. The van der Waals surface area contributed by atoms with Gasteiger partial charge in [-0.2, -0.15) is 0 Å². The minimum Gasteiger partial charge on any atom is -0.411 e. The second-order valence-electron chi connectivity index (χ2n) is 3.21. The van der Waals surface area contributed by atoms with Crippen LogP contribution in [0.3, 0.4) is 0 Å². The quantitative estimate of drug-likeness (QED) is 0.480. The first-order valence-corrected chi connectivity index (χ1v) is 4.07. The molecule has 13 heavy (non-hydrogen) atoms. The van der Waals surface area contributed by atoms with E-state index < -0.39 is 0 Å². The predicted molar refractivity (Wildman–Crippen MR) is 48.4 cm³/mol. The number of hydrogen-bond donors (Lipinski definition) is 1. The molecule has 0 aliphatic heterocycles. The summed E-state index contributed by atoms with van der Waals surface area (Å²) in [6.45, 7) is 1.93. The molecule has 0 unspecified atom stereocenters. The zero-order chi connectivity index (χ0) is 9.42. The minimum absolute atomic E-state index is 0.152. The highest BCUT2D eigenvalue weighted by Crippen LogP contribution is 2.21. The number of nitrogens with zero attached hydrogens (tertiary/aromatic N) is 1. The lowest BCUT2D eigenvalue weighted by Gasteiger charge is -1.96. The Morgan fingerprint density at radius 2 is 2.23 bits per heavy atom. The summed E-state index contributed by atoms with van der Waals surface area (Å²) >= 11 is 0. The number of hydrogen-bond acceptors (Lipinski definition) is 3. The fraction of sp³-hybridized carbons (Fsp3) is 0.200. The minimum atomic E-state index is -0.152. The van der Waals surface area contributed by atoms with Crippen LogP contribution < -0.4 is 0 Å². The maximum atomic E-state index is 11.5. The molecule has 0 radical (unpaired) electrons. The normalized spacial score (nSPS) is 17.9. The molecule has 1 aromatic carbocycles. The second kappa shape index (κ2) is 2.69. The van der Waals surface area contributed by atoms with Crippen molar-refractivity contribution in [3.8, 4) is 0 Å². The molecule has 1 aromatic rings. The van der Waals surface area contributed by atoms with Crippen molar-refractivity contribution in [3.05, 3.63) is 34.9 Å². The number of fused-ring (bicyclic) bond motifs is 1. The van der Waals surface area contributed by atoms with Crippen LogP contribution in [0.15, 0.2) is 23.4 Å². The standard InChI is InChI=1S/C10H9NO2/c1-6-2-3-7-5-9(11-13)10(12)8(7)4-6/h2-4,13H,5H2,1H3/b11-9+. The third-order valence-electron chi connectivity index (χ3n) is 2.25. The predicted octanol–water partition coefficient (Wildman–Crippen LogP) is 1.56. The molecule has 0 amide bonds. The smallest absolute Gasteiger partial charge is 0.211 e. The monoisotopic (exact) mass is 175 g/mol. The van der Waals surface area contributed by atoms with Crippen LogP contribution >= 0.6 is 0 Å². The lowest BCUT2D eigenvalue weighted by Crippen LogP contribution is -2.06. The van der Waals surface area contributed by atoms with E-state index in [1.807, 2.05) is 25.1 Å². The largest absolute Gasteiger partial charge is 0.411 e. The molecule has 0 atom stereocenters. The van der Waals surface area contributed by atoms with Gasteiger partial charge < -0.3 is 5.21 Å². The van der Waals surface area contributed by atoms with Crippen LogP contribution in [0.2, 0.25) is 0 Å². The van der Waals surface area contributed by atoms with E-state index in [2.05, 4.69) is 5.16 Å². The van der Waals surface area contributed by atoms with Gasteiger partial charge in [0.25, 0.3) is 0 Å². The van der Waals surface area contributed by atoms with E-state index in [0.29, 0.717) is 12.0 Å². The summed E-state index contributed by atoms with van der Waals surface area (Å²) in [4.78, 5) is 11.5. The van der Waals surface area contributed by atoms with E-state index in [9.17, 15) is 4.79 Å². The summed E-state index contributed by atoms with van der Waals surface area (Å²) in [7, 11) is 0. The number of oxime groups is 1. The van der Waals surface area contributed by atoms with Crippen LogP contribution in [0.4, 0.5) is 0 Å². The first kappa shape index (κ1) is 7.98. The summed E-state index contributed by atoms with van der Waals surface area (Å²) < 4.78 is 0. The van der Waals surface area contributed by atoms with Gasteiger partial charge in [0.2, 0.25) is 5.78 Å². The molecular weight excluding hydrogens is 166 g/mol. The molecule has 1 N–H and O–H groups in total. The molecule has 1 aliphatic carbocycles. The fourth-order valence-corrected chi connectivity index (χ4v) is 1.55.